The average Bonchev–Trinajstić information content (AvgIpc) is 2.44. The molecule has 0 radical (unpaired) electrons. The molecule has 6 heteroatoms. The van der Waals surface area contributed by atoms with Crippen molar-refractivity contribution in [1.29, 1.82) is 0 Å². The zero-order valence-electron chi connectivity index (χ0n) is 13.1. The number of carboxylic acid groups (broad SMARTS) is 1. The number of aliphatic carboxylic acids is 1. The Labute approximate surface area is 125 Å². The van der Waals surface area contributed by atoms with Gasteiger partial charge >= 0.3 is 5.97 Å². The van der Waals surface area contributed by atoms with Crippen LogP contribution in [0.1, 0.15) is 46.5 Å². The number of likely N-dealkylation sites (tertiary alicyclic amines) is 1. The molecule has 6 nitrogen and oxygen atoms in total. The van der Waals surface area contributed by atoms with Crippen LogP contribution in [-0.2, 0) is 14.4 Å². The van der Waals surface area contributed by atoms with Crippen LogP contribution in [-0.4, -0.2) is 46.9 Å². The predicted octanol–water partition coefficient (Wildman–Crippen LogP) is 1.25. The minimum atomic E-state index is -0.931. The molecule has 120 valence electrons. The highest BCUT2D eigenvalue weighted by Gasteiger charge is 2.30. The monoisotopic (exact) mass is 298 g/mol. The van der Waals surface area contributed by atoms with Crippen molar-refractivity contribution in [2.45, 2.75) is 52.5 Å². The first kappa shape index (κ1) is 17.5. The number of nitrogens with one attached hydrogen (secondary N) is 1. The fourth-order valence-electron chi connectivity index (χ4n) is 2.55. The number of amides is 2. The molecule has 0 aliphatic carbocycles. The van der Waals surface area contributed by atoms with Gasteiger partial charge < -0.3 is 15.3 Å². The molecule has 21 heavy (non-hydrogen) atoms. The molecule has 2 N–H and O–H groups in total. The van der Waals surface area contributed by atoms with Crippen molar-refractivity contribution in [2.24, 2.45) is 11.8 Å². The van der Waals surface area contributed by atoms with Gasteiger partial charge in [0.15, 0.2) is 0 Å². The van der Waals surface area contributed by atoms with Gasteiger partial charge in [0.05, 0.1) is 12.3 Å². The van der Waals surface area contributed by atoms with Crippen LogP contribution in [0.25, 0.3) is 0 Å². The Hall–Kier alpha value is -1.59. The molecule has 3 atom stereocenters. The molecule has 1 saturated heterocycles. The molecule has 0 bridgehead atoms. The van der Waals surface area contributed by atoms with E-state index in [0.717, 1.165) is 19.3 Å². The van der Waals surface area contributed by atoms with Crippen molar-refractivity contribution in [3.63, 3.8) is 0 Å². The van der Waals surface area contributed by atoms with Gasteiger partial charge in [-0.25, -0.2) is 0 Å². The highest BCUT2D eigenvalue weighted by Crippen LogP contribution is 2.19. The van der Waals surface area contributed by atoms with E-state index in [1.165, 1.54) is 0 Å². The number of hydrogen-bond acceptors (Lipinski definition) is 3. The molecular weight excluding hydrogens is 272 g/mol. The molecule has 0 saturated carbocycles. The van der Waals surface area contributed by atoms with Gasteiger partial charge in [-0.05, 0) is 26.2 Å². The maximum atomic E-state index is 12.2. The first-order valence-corrected chi connectivity index (χ1v) is 7.66. The third kappa shape index (κ3) is 5.36. The van der Waals surface area contributed by atoms with Crippen molar-refractivity contribution in [1.82, 2.24) is 10.2 Å². The van der Waals surface area contributed by atoms with Crippen LogP contribution < -0.4 is 5.32 Å². The van der Waals surface area contributed by atoms with E-state index in [9.17, 15) is 14.4 Å². The van der Waals surface area contributed by atoms with Crippen LogP contribution in [0, 0.1) is 11.8 Å². The summed E-state index contributed by atoms with van der Waals surface area (Å²) < 4.78 is 0. The summed E-state index contributed by atoms with van der Waals surface area (Å²) >= 11 is 0. The molecule has 0 aromatic carbocycles. The largest absolute Gasteiger partial charge is 0.481 e. The number of nitrogens with zero attached hydrogens (tertiary/aromatic N) is 1. The lowest BCUT2D eigenvalue weighted by Gasteiger charge is -2.34. The Morgan fingerprint density at radius 2 is 2.00 bits per heavy atom. The molecule has 1 aliphatic rings. The lowest BCUT2D eigenvalue weighted by atomic mass is 9.95. The van der Waals surface area contributed by atoms with Crippen LogP contribution in [0.3, 0.4) is 0 Å². The molecule has 1 fully saturated rings. The topological polar surface area (TPSA) is 86.7 Å². The predicted molar refractivity (Wildman–Crippen MR) is 78.6 cm³/mol. The number of hydrogen-bond donors (Lipinski definition) is 2. The Bertz CT molecular complexity index is 397. The van der Waals surface area contributed by atoms with E-state index in [2.05, 4.69) is 5.32 Å². The normalized spacial score (nSPS) is 21.5. The lowest BCUT2D eigenvalue weighted by Crippen LogP contribution is -2.48. The third-order valence-corrected chi connectivity index (χ3v) is 4.01. The summed E-state index contributed by atoms with van der Waals surface area (Å²) in [6, 6.07) is -0.393. The third-order valence-electron chi connectivity index (χ3n) is 4.01. The fraction of sp³-hybridized carbons (Fsp3) is 0.800. The van der Waals surface area contributed by atoms with Crippen molar-refractivity contribution < 1.29 is 19.5 Å². The first-order valence-electron chi connectivity index (χ1n) is 7.66. The second-order valence-electron chi connectivity index (χ2n) is 5.94. The second-order valence-corrected chi connectivity index (χ2v) is 5.94. The average molecular weight is 298 g/mol. The summed E-state index contributed by atoms with van der Waals surface area (Å²) in [4.78, 5) is 36.7. The van der Waals surface area contributed by atoms with E-state index in [4.69, 9.17) is 5.11 Å². The fourth-order valence-corrected chi connectivity index (χ4v) is 2.55. The number of carbonyl (C=O) groups is 3. The van der Waals surface area contributed by atoms with E-state index in [-0.39, 0.29) is 30.1 Å². The Kier molecular flexibility index (Phi) is 6.65. The maximum Gasteiger partial charge on any atom is 0.305 e. The summed E-state index contributed by atoms with van der Waals surface area (Å²) in [5.41, 5.74) is 0. The van der Waals surface area contributed by atoms with Crippen molar-refractivity contribution in [3.05, 3.63) is 0 Å². The lowest BCUT2D eigenvalue weighted by molar-refractivity contribution is -0.139. The minimum Gasteiger partial charge on any atom is -0.481 e. The maximum absolute atomic E-state index is 12.2. The summed E-state index contributed by atoms with van der Waals surface area (Å²) in [5, 5.41) is 11.4. The van der Waals surface area contributed by atoms with Gasteiger partial charge in [0.25, 0.3) is 0 Å². The van der Waals surface area contributed by atoms with E-state index >= 15 is 0 Å². The highest BCUT2D eigenvalue weighted by molar-refractivity contribution is 5.82. The zero-order chi connectivity index (χ0) is 16.0. The number of rotatable bonds is 6. The molecule has 1 aliphatic heterocycles. The number of carboxylic acids is 1. The molecule has 0 spiro atoms. The van der Waals surface area contributed by atoms with E-state index in [0.29, 0.717) is 13.1 Å². The van der Waals surface area contributed by atoms with Gasteiger partial charge in [-0.2, -0.15) is 0 Å². The molecule has 3 unspecified atom stereocenters. The Morgan fingerprint density at radius 1 is 1.33 bits per heavy atom. The van der Waals surface area contributed by atoms with Crippen molar-refractivity contribution in [2.75, 3.05) is 13.1 Å². The number of piperidine rings is 1. The SMILES string of the molecule is CCC(C)C(=O)N1CCCC(C(=O)NC(C)CC(=O)O)C1. The quantitative estimate of drug-likeness (QED) is 0.772. The summed E-state index contributed by atoms with van der Waals surface area (Å²) in [5.74, 6) is -1.22. The van der Waals surface area contributed by atoms with E-state index in [1.807, 2.05) is 13.8 Å². The number of carbonyl (C=O) groups excluding carboxylic acids is 2. The molecule has 1 rings (SSSR count). The van der Waals surface area contributed by atoms with Gasteiger partial charge in [0.1, 0.15) is 0 Å². The van der Waals surface area contributed by atoms with Crippen LogP contribution >= 0.6 is 0 Å². The second kappa shape index (κ2) is 8.00. The minimum absolute atomic E-state index is 0.0160. The standard InChI is InChI=1S/C15H26N2O4/c1-4-10(2)15(21)17-7-5-6-12(9-17)14(20)16-11(3)8-13(18)19/h10-12H,4-9H2,1-3H3,(H,16,20)(H,18,19). The van der Waals surface area contributed by atoms with E-state index < -0.39 is 12.0 Å². The van der Waals surface area contributed by atoms with Crippen molar-refractivity contribution >= 4 is 17.8 Å². The van der Waals surface area contributed by atoms with Crippen LogP contribution in [0.15, 0.2) is 0 Å². The summed E-state index contributed by atoms with van der Waals surface area (Å²) in [6.45, 7) is 6.70. The zero-order valence-corrected chi connectivity index (χ0v) is 13.1. The molecule has 0 aromatic heterocycles. The Balaban J connectivity index is 2.53. The van der Waals surface area contributed by atoms with Gasteiger partial charge in [0.2, 0.25) is 11.8 Å². The smallest absolute Gasteiger partial charge is 0.305 e. The highest BCUT2D eigenvalue weighted by atomic mass is 16.4. The first-order chi connectivity index (χ1) is 9.85. The van der Waals surface area contributed by atoms with Gasteiger partial charge in [-0.3, -0.25) is 14.4 Å². The summed E-state index contributed by atoms with van der Waals surface area (Å²) in [6.07, 6.45) is 2.26. The molecule has 0 aromatic rings. The Morgan fingerprint density at radius 3 is 2.57 bits per heavy atom. The molecule has 2 amide bonds. The van der Waals surface area contributed by atoms with Gasteiger partial charge in [-0.15, -0.1) is 0 Å². The molecule has 1 heterocycles. The summed E-state index contributed by atoms with van der Waals surface area (Å²) in [7, 11) is 0. The van der Waals surface area contributed by atoms with Crippen LogP contribution in [0.2, 0.25) is 0 Å². The van der Waals surface area contributed by atoms with Crippen molar-refractivity contribution in [3.8, 4) is 0 Å². The van der Waals surface area contributed by atoms with Gasteiger partial charge in [-0.1, -0.05) is 13.8 Å². The van der Waals surface area contributed by atoms with Crippen LogP contribution in [0.4, 0.5) is 0 Å². The van der Waals surface area contributed by atoms with E-state index in [1.54, 1.807) is 11.8 Å². The van der Waals surface area contributed by atoms with Gasteiger partial charge in [0, 0.05) is 25.0 Å². The molecular formula is C15H26N2O4. The van der Waals surface area contributed by atoms with Crippen LogP contribution in [0.5, 0.6) is 0 Å².